The molecule has 1 aromatic carbocycles. The smallest absolute Gasteiger partial charge is 0.258 e. The number of benzene rings is 1. The maximum atomic E-state index is 10.6. The van der Waals surface area contributed by atoms with Gasteiger partial charge in [0.25, 0.3) is 5.69 Å². The van der Waals surface area contributed by atoms with Gasteiger partial charge in [0.2, 0.25) is 0 Å². The van der Waals surface area contributed by atoms with E-state index in [0.717, 1.165) is 13.0 Å². The summed E-state index contributed by atoms with van der Waals surface area (Å²) in [5.74, 6) is 0. The van der Waals surface area contributed by atoms with Gasteiger partial charge < -0.3 is 0 Å². The van der Waals surface area contributed by atoms with E-state index in [1.54, 1.807) is 17.4 Å². The van der Waals surface area contributed by atoms with Gasteiger partial charge in [0, 0.05) is 16.2 Å². The summed E-state index contributed by atoms with van der Waals surface area (Å²) in [5.41, 5.74) is -0.0339. The lowest BCUT2D eigenvalue weighted by molar-refractivity contribution is -0.384. The molecule has 0 saturated heterocycles. The third-order valence-corrected chi connectivity index (χ3v) is 4.04. The summed E-state index contributed by atoms with van der Waals surface area (Å²) in [4.78, 5) is 10.1. The van der Waals surface area contributed by atoms with Crippen molar-refractivity contribution < 1.29 is 4.92 Å². The molecule has 0 unspecified atom stereocenters. The molecule has 6 heteroatoms. The van der Waals surface area contributed by atoms with Crippen LogP contribution in [0.15, 0.2) is 18.2 Å². The molecule has 0 bridgehead atoms. The maximum absolute atomic E-state index is 10.6. The van der Waals surface area contributed by atoms with E-state index in [9.17, 15) is 10.1 Å². The molecule has 1 heterocycles. The lowest BCUT2D eigenvalue weighted by atomic mass is 10.2. The molecule has 0 atom stereocenters. The van der Waals surface area contributed by atoms with E-state index in [-0.39, 0.29) is 10.7 Å². The molecule has 0 spiro atoms. The number of hydrogen-bond donors (Lipinski definition) is 0. The quantitative estimate of drug-likeness (QED) is 0.446. The van der Waals surface area contributed by atoms with Crippen LogP contribution < -0.4 is 0 Å². The van der Waals surface area contributed by atoms with Crippen LogP contribution in [0.5, 0.6) is 0 Å². The molecule has 2 rings (SSSR count). The summed E-state index contributed by atoms with van der Waals surface area (Å²) in [5, 5.41) is 11.6. The van der Waals surface area contributed by atoms with Crippen molar-refractivity contribution in [2.75, 3.05) is 0 Å². The van der Waals surface area contributed by atoms with Crippen LogP contribution in [0.4, 0.5) is 5.69 Å². The Morgan fingerprint density at radius 1 is 1.50 bits per heavy atom. The van der Waals surface area contributed by atoms with Crippen LogP contribution in [0.25, 0.3) is 10.1 Å². The molecule has 0 N–H and O–H groups in total. The van der Waals surface area contributed by atoms with E-state index in [4.69, 9.17) is 11.6 Å². The lowest BCUT2D eigenvalue weighted by Crippen LogP contribution is -1.88. The Morgan fingerprint density at radius 2 is 2.21 bits per heavy atom. The van der Waals surface area contributed by atoms with Gasteiger partial charge in [-0.05, 0) is 34.7 Å². The van der Waals surface area contributed by atoms with Gasteiger partial charge in [0.15, 0.2) is 0 Å². The highest BCUT2D eigenvalue weighted by molar-refractivity contribution is 14.1. The molecule has 0 aliphatic carbocycles. The van der Waals surface area contributed by atoms with Crippen molar-refractivity contribution in [3.05, 3.63) is 36.2 Å². The van der Waals surface area contributed by atoms with Gasteiger partial charge in [-0.2, -0.15) is 0 Å². The van der Waals surface area contributed by atoms with Crippen molar-refractivity contribution in [2.24, 2.45) is 0 Å². The summed E-state index contributed by atoms with van der Waals surface area (Å²) < 4.78 is 2.05. The van der Waals surface area contributed by atoms with Crippen LogP contribution in [0, 0.1) is 13.0 Å². The first-order valence-corrected chi connectivity index (χ1v) is 5.89. The first-order chi connectivity index (χ1) is 6.59. The molecule has 0 fully saturated rings. The SMILES string of the molecule is O=[N+]([O-])c1ccc2sc(I)cc2c1Cl. The minimum Gasteiger partial charge on any atom is -0.258 e. The Kier molecular flexibility index (Phi) is 2.63. The number of hydrogen-bond acceptors (Lipinski definition) is 3. The van der Waals surface area contributed by atoms with E-state index in [2.05, 4.69) is 22.6 Å². The molecule has 14 heavy (non-hydrogen) atoms. The van der Waals surface area contributed by atoms with E-state index in [1.807, 2.05) is 6.07 Å². The molecule has 0 amide bonds. The van der Waals surface area contributed by atoms with Crippen molar-refractivity contribution in [2.45, 2.75) is 0 Å². The highest BCUT2D eigenvalue weighted by Gasteiger charge is 2.16. The minimum atomic E-state index is -0.466. The minimum absolute atomic E-state index is 0.0339. The van der Waals surface area contributed by atoms with E-state index < -0.39 is 4.92 Å². The van der Waals surface area contributed by atoms with Gasteiger partial charge in [-0.1, -0.05) is 11.6 Å². The lowest BCUT2D eigenvalue weighted by Gasteiger charge is -1.95. The van der Waals surface area contributed by atoms with Crippen LogP contribution in [0.1, 0.15) is 0 Å². The molecule has 0 aliphatic heterocycles. The van der Waals surface area contributed by atoms with Gasteiger partial charge in [0.1, 0.15) is 5.02 Å². The van der Waals surface area contributed by atoms with Gasteiger partial charge in [-0.15, -0.1) is 11.3 Å². The zero-order chi connectivity index (χ0) is 10.3. The van der Waals surface area contributed by atoms with E-state index in [0.29, 0.717) is 0 Å². The molecule has 2 aromatic rings. The number of nitro groups is 1. The predicted octanol–water partition coefficient (Wildman–Crippen LogP) is 4.07. The van der Waals surface area contributed by atoms with Crippen molar-refractivity contribution >= 4 is 61.3 Å². The summed E-state index contributed by atoms with van der Waals surface area (Å²) in [6, 6.07) is 5.03. The number of thiophene rings is 1. The molecule has 3 nitrogen and oxygen atoms in total. The van der Waals surface area contributed by atoms with Crippen molar-refractivity contribution in [3.8, 4) is 0 Å². The summed E-state index contributed by atoms with van der Waals surface area (Å²) in [7, 11) is 0. The zero-order valence-electron chi connectivity index (χ0n) is 6.66. The molecule has 1 aromatic heterocycles. The first kappa shape index (κ1) is 10.1. The van der Waals surface area contributed by atoms with Gasteiger partial charge in [-0.25, -0.2) is 0 Å². The summed E-state index contributed by atoms with van der Waals surface area (Å²) in [6.07, 6.45) is 0. The fraction of sp³-hybridized carbons (Fsp3) is 0. The topological polar surface area (TPSA) is 43.1 Å². The Bertz CT molecular complexity index is 525. The molecule has 0 aliphatic rings. The highest BCUT2D eigenvalue weighted by Crippen LogP contribution is 2.37. The van der Waals surface area contributed by atoms with Crippen LogP contribution in [-0.2, 0) is 0 Å². The molecular weight excluding hydrogens is 337 g/mol. The Hall–Kier alpha value is -0.400. The normalized spacial score (nSPS) is 10.7. The first-order valence-electron chi connectivity index (χ1n) is 3.61. The molecule has 0 radical (unpaired) electrons. The van der Waals surface area contributed by atoms with Crippen LogP contribution in [0.3, 0.4) is 0 Å². The second kappa shape index (κ2) is 3.63. The van der Waals surface area contributed by atoms with Gasteiger partial charge in [0.05, 0.1) is 7.81 Å². The number of rotatable bonds is 1. The fourth-order valence-corrected chi connectivity index (χ4v) is 3.34. The van der Waals surface area contributed by atoms with Gasteiger partial charge in [-0.3, -0.25) is 10.1 Å². The Morgan fingerprint density at radius 3 is 2.86 bits per heavy atom. The summed E-state index contributed by atoms with van der Waals surface area (Å²) in [6.45, 7) is 0. The van der Waals surface area contributed by atoms with Crippen molar-refractivity contribution in [1.29, 1.82) is 0 Å². The standard InChI is InChI=1S/C8H3ClINO2S/c9-8-4-3-7(10)14-6(4)2-1-5(8)11(12)13/h1-3H. The monoisotopic (exact) mass is 339 g/mol. The van der Waals surface area contributed by atoms with E-state index >= 15 is 0 Å². The zero-order valence-corrected chi connectivity index (χ0v) is 10.4. The second-order valence-corrected chi connectivity index (χ2v) is 5.97. The van der Waals surface area contributed by atoms with Crippen molar-refractivity contribution in [3.63, 3.8) is 0 Å². The number of halogens is 2. The predicted molar refractivity (Wildman–Crippen MR) is 66.2 cm³/mol. The molecule has 72 valence electrons. The maximum Gasteiger partial charge on any atom is 0.288 e. The number of fused-ring (bicyclic) bond motifs is 1. The second-order valence-electron chi connectivity index (χ2n) is 2.62. The fourth-order valence-electron chi connectivity index (χ4n) is 1.18. The Labute approximate surface area is 102 Å². The molecule has 0 saturated carbocycles. The summed E-state index contributed by atoms with van der Waals surface area (Å²) >= 11 is 9.65. The van der Waals surface area contributed by atoms with Crippen LogP contribution in [0.2, 0.25) is 5.02 Å². The average Bonchev–Trinajstić information content (AvgIpc) is 2.46. The number of nitrogens with zero attached hydrogens (tertiary/aromatic N) is 1. The third-order valence-electron chi connectivity index (χ3n) is 1.78. The number of nitro benzene ring substituents is 1. The van der Waals surface area contributed by atoms with Crippen molar-refractivity contribution in [1.82, 2.24) is 0 Å². The van der Waals surface area contributed by atoms with Crippen LogP contribution >= 0.6 is 45.5 Å². The highest BCUT2D eigenvalue weighted by atomic mass is 127. The third kappa shape index (κ3) is 1.59. The largest absolute Gasteiger partial charge is 0.288 e. The average molecular weight is 340 g/mol. The molecular formula is C8H3ClINO2S. The van der Waals surface area contributed by atoms with Crippen LogP contribution in [-0.4, -0.2) is 4.92 Å². The van der Waals surface area contributed by atoms with Gasteiger partial charge >= 0.3 is 0 Å². The Balaban J connectivity index is 2.80. The van der Waals surface area contributed by atoms with E-state index in [1.165, 1.54) is 6.07 Å².